The van der Waals surface area contributed by atoms with Crippen molar-refractivity contribution in [3.05, 3.63) is 12.7 Å². The third kappa shape index (κ3) is 17.8. The zero-order valence-corrected chi connectivity index (χ0v) is 28.4. The number of ether oxygens (including phenoxy) is 1. The van der Waals surface area contributed by atoms with E-state index in [1.165, 1.54) is 109 Å². The van der Waals surface area contributed by atoms with E-state index in [0.29, 0.717) is 29.9 Å². The third-order valence-corrected chi connectivity index (χ3v) is 9.46. The van der Waals surface area contributed by atoms with Crippen molar-refractivity contribution >= 4 is 36.3 Å². The number of rotatable bonds is 27. The second kappa shape index (κ2) is 24.1. The van der Waals surface area contributed by atoms with Gasteiger partial charge in [0.2, 0.25) is 0 Å². The van der Waals surface area contributed by atoms with Gasteiger partial charge in [-0.2, -0.15) is 11.8 Å². The third-order valence-electron chi connectivity index (χ3n) is 7.26. The smallest absolute Gasteiger partial charge is 0.165 e. The highest BCUT2D eigenvalue weighted by Crippen LogP contribution is 2.37. The standard InChI is InChI=1S/C30H56N5O4PS.H3N/c1-3-4-5-6-7-8-9-10-11-12-13-14-15-16-17-18-21-41-22-19-20-39-40(36,37)26-38-27(2)23-35-25-34-28-29(31)32-24-33-30(28)35;/h24-25,27H,3-23,26H2,1-2H3,(H,36,37)(H2,31,32,33);1H3/t27-;/m1./s1. The Hall–Kier alpha value is -1.23. The van der Waals surface area contributed by atoms with Crippen LogP contribution < -0.4 is 16.8 Å². The maximum atomic E-state index is 12.2. The molecule has 0 bridgehead atoms. The van der Waals surface area contributed by atoms with E-state index in [0.717, 1.165) is 11.5 Å². The van der Waals surface area contributed by atoms with E-state index in [-0.39, 0.29) is 18.9 Å². The van der Waals surface area contributed by atoms with Crippen LogP contribution in [0.5, 0.6) is 0 Å². The minimum Gasteiger partial charge on any atom is -0.777 e. The summed E-state index contributed by atoms with van der Waals surface area (Å²) in [5.74, 6) is 2.35. The summed E-state index contributed by atoms with van der Waals surface area (Å²) in [6.45, 7) is 4.67. The molecule has 0 aliphatic rings. The van der Waals surface area contributed by atoms with Crippen LogP contribution in [0.1, 0.15) is 123 Å². The summed E-state index contributed by atoms with van der Waals surface area (Å²) < 4.78 is 24.7. The number of thioether (sulfide) groups is 1. The number of imidazole rings is 1. The number of quaternary nitrogens is 1. The molecule has 10 nitrogen and oxygen atoms in total. The predicted octanol–water partition coefficient (Wildman–Crippen LogP) is 8.10. The lowest BCUT2D eigenvalue weighted by atomic mass is 10.0. The Morgan fingerprint density at radius 3 is 2.02 bits per heavy atom. The number of aromatic nitrogens is 4. The molecule has 2 aromatic rings. The lowest BCUT2D eigenvalue weighted by molar-refractivity contribution is -0.205. The highest BCUT2D eigenvalue weighted by molar-refractivity contribution is 7.99. The van der Waals surface area contributed by atoms with E-state index in [1.54, 1.807) is 17.8 Å². The van der Waals surface area contributed by atoms with Crippen LogP contribution in [0.3, 0.4) is 0 Å². The van der Waals surface area contributed by atoms with Gasteiger partial charge in [-0.05, 0) is 31.3 Å². The zero-order chi connectivity index (χ0) is 29.6. The molecule has 2 aromatic heterocycles. The fourth-order valence-corrected chi connectivity index (χ4v) is 6.69. The van der Waals surface area contributed by atoms with Crippen LogP contribution in [-0.2, 0) is 20.4 Å². The molecule has 0 aromatic carbocycles. The molecule has 42 heavy (non-hydrogen) atoms. The Kier molecular flexibility index (Phi) is 22.3. The minimum atomic E-state index is -4.04. The summed E-state index contributed by atoms with van der Waals surface area (Å²) in [5, 5.41) is 0. The molecule has 0 saturated carbocycles. The van der Waals surface area contributed by atoms with E-state index in [4.69, 9.17) is 15.0 Å². The summed E-state index contributed by atoms with van der Waals surface area (Å²) >= 11 is 1.88. The molecule has 12 heteroatoms. The van der Waals surface area contributed by atoms with Gasteiger partial charge in [0.15, 0.2) is 19.1 Å². The molecule has 0 amide bonds. The van der Waals surface area contributed by atoms with Crippen LogP contribution >= 0.6 is 19.4 Å². The topological polar surface area (TPSA) is 165 Å². The first-order valence-corrected chi connectivity index (χ1v) is 18.9. The van der Waals surface area contributed by atoms with Gasteiger partial charge in [0.1, 0.15) is 18.2 Å². The molecule has 244 valence electrons. The first kappa shape index (κ1) is 38.8. The summed E-state index contributed by atoms with van der Waals surface area (Å²) in [7, 11) is -4.04. The summed E-state index contributed by atoms with van der Waals surface area (Å²) in [6.07, 6.45) is 25.0. The van der Waals surface area contributed by atoms with Crippen molar-refractivity contribution in [2.75, 3.05) is 30.2 Å². The molecule has 0 fully saturated rings. The van der Waals surface area contributed by atoms with E-state index in [1.807, 2.05) is 11.8 Å². The lowest BCUT2D eigenvalue weighted by Crippen LogP contribution is -2.20. The van der Waals surface area contributed by atoms with E-state index in [9.17, 15) is 9.46 Å². The Morgan fingerprint density at radius 2 is 1.43 bits per heavy atom. The average molecular weight is 631 g/mol. The summed E-state index contributed by atoms with van der Waals surface area (Å²) in [4.78, 5) is 24.5. The van der Waals surface area contributed by atoms with E-state index in [2.05, 4.69) is 21.9 Å². The number of nitrogen functional groups attached to an aromatic ring is 1. The maximum Gasteiger partial charge on any atom is 0.165 e. The van der Waals surface area contributed by atoms with Gasteiger partial charge in [0, 0.05) is 0 Å². The van der Waals surface area contributed by atoms with Gasteiger partial charge in [-0.15, -0.1) is 0 Å². The second-order valence-corrected chi connectivity index (χ2v) is 14.1. The minimum absolute atomic E-state index is 0. The first-order valence-electron chi connectivity index (χ1n) is 16.0. The Morgan fingerprint density at radius 1 is 0.881 bits per heavy atom. The molecular formula is C30H59N6O4PS. The van der Waals surface area contributed by atoms with Gasteiger partial charge in [-0.3, -0.25) is 0 Å². The number of fused-ring (bicyclic) bond motifs is 1. The molecular weight excluding hydrogens is 571 g/mol. The van der Waals surface area contributed by atoms with Gasteiger partial charge < -0.3 is 35.2 Å². The van der Waals surface area contributed by atoms with E-state index >= 15 is 0 Å². The van der Waals surface area contributed by atoms with Gasteiger partial charge >= 0.3 is 0 Å². The quantitative estimate of drug-likeness (QED) is 0.0732. The molecule has 0 aliphatic heterocycles. The molecule has 1 unspecified atom stereocenters. The number of nitrogens with zero attached hydrogens (tertiary/aromatic N) is 4. The van der Waals surface area contributed by atoms with Crippen molar-refractivity contribution < 1.29 is 18.7 Å². The Balaban J connectivity index is 0.00000882. The zero-order valence-electron chi connectivity index (χ0n) is 26.6. The highest BCUT2D eigenvalue weighted by atomic mass is 32.2. The number of nitrogens with two attached hydrogens (primary N) is 1. The van der Waals surface area contributed by atoms with E-state index < -0.39 is 13.9 Å². The number of anilines is 1. The van der Waals surface area contributed by atoms with Gasteiger partial charge in [0.25, 0.3) is 0 Å². The fraction of sp³-hybridized carbons (Fsp3) is 0.833. The van der Waals surface area contributed by atoms with Gasteiger partial charge in [0.05, 0.1) is 25.6 Å². The monoisotopic (exact) mass is 630 g/mol. The predicted molar refractivity (Wildman–Crippen MR) is 176 cm³/mol. The molecule has 0 aliphatic carbocycles. The normalized spacial score (nSPS) is 13.7. The average Bonchev–Trinajstić information content (AvgIpc) is 3.36. The van der Waals surface area contributed by atoms with Crippen molar-refractivity contribution in [2.24, 2.45) is 0 Å². The fourth-order valence-electron chi connectivity index (χ4n) is 4.84. The molecule has 0 saturated heterocycles. The van der Waals surface area contributed by atoms with Gasteiger partial charge in [-0.1, -0.05) is 103 Å². The number of hydrogen-bond donors (Lipinski definition) is 2. The van der Waals surface area contributed by atoms with Crippen molar-refractivity contribution in [3.63, 3.8) is 0 Å². The molecule has 2 heterocycles. The molecule has 6 N–H and O–H groups in total. The van der Waals surface area contributed by atoms with Crippen molar-refractivity contribution in [1.29, 1.82) is 0 Å². The van der Waals surface area contributed by atoms with Crippen molar-refractivity contribution in [1.82, 2.24) is 25.7 Å². The van der Waals surface area contributed by atoms with Crippen molar-refractivity contribution in [2.45, 2.75) is 136 Å². The van der Waals surface area contributed by atoms with Crippen LogP contribution in [-0.4, -0.2) is 50.1 Å². The first-order chi connectivity index (χ1) is 19.9. The van der Waals surface area contributed by atoms with Crippen LogP contribution in [0.2, 0.25) is 0 Å². The lowest BCUT2D eigenvalue weighted by Gasteiger charge is -2.25. The number of hydrogen-bond acceptors (Lipinski definition) is 9. The Labute approximate surface area is 258 Å². The van der Waals surface area contributed by atoms with Crippen molar-refractivity contribution in [3.8, 4) is 0 Å². The largest absolute Gasteiger partial charge is 0.777 e. The second-order valence-electron chi connectivity index (χ2n) is 11.1. The van der Waals surface area contributed by atoms with Crippen LogP contribution in [0, 0.1) is 0 Å². The number of unbranched alkanes of at least 4 members (excludes halogenated alkanes) is 15. The van der Waals surface area contributed by atoms with Gasteiger partial charge in [-0.25, -0.2) is 15.0 Å². The van der Waals surface area contributed by atoms with Crippen LogP contribution in [0.15, 0.2) is 12.7 Å². The Bertz CT molecular complexity index is 982. The molecule has 0 spiro atoms. The highest BCUT2D eigenvalue weighted by Gasteiger charge is 2.14. The maximum absolute atomic E-state index is 12.2. The van der Waals surface area contributed by atoms with Crippen LogP contribution in [0.25, 0.3) is 11.2 Å². The molecule has 2 rings (SSSR count). The summed E-state index contributed by atoms with van der Waals surface area (Å²) in [6, 6.07) is 0. The SMILES string of the molecule is CCCCCCCCCCCCCCCCCCSCCCOP(=O)([O-])CO[C@H](C)Cn1cnc2c(N)ncnc21.[NH4+]. The molecule has 0 radical (unpaired) electrons. The molecule has 2 atom stereocenters. The van der Waals surface area contributed by atoms with Crippen LogP contribution in [0.4, 0.5) is 5.82 Å². The summed E-state index contributed by atoms with van der Waals surface area (Å²) in [5.41, 5.74) is 6.92.